The van der Waals surface area contributed by atoms with Crippen molar-refractivity contribution in [1.82, 2.24) is 10.6 Å². The van der Waals surface area contributed by atoms with Crippen molar-refractivity contribution >= 4 is 18.0 Å². The second-order valence-corrected chi connectivity index (χ2v) is 10.3. The Morgan fingerprint density at radius 1 is 1.00 bits per heavy atom. The quantitative estimate of drug-likeness (QED) is 0.591. The number of carbonyl (C=O) groups is 3. The first-order valence-corrected chi connectivity index (χ1v) is 11.8. The Balaban J connectivity index is 1.39. The van der Waals surface area contributed by atoms with Crippen LogP contribution in [0.5, 0.6) is 0 Å². The molecule has 180 valence electrons. The number of ether oxygens (including phenoxy) is 1. The van der Waals surface area contributed by atoms with E-state index in [1.54, 1.807) is 0 Å². The number of nitrogens with one attached hydrogen (secondary N) is 2. The summed E-state index contributed by atoms with van der Waals surface area (Å²) in [7, 11) is 0. The van der Waals surface area contributed by atoms with E-state index < -0.39 is 29.4 Å². The molecule has 2 aromatic rings. The monoisotopic (exact) mass is 464 g/mol. The van der Waals surface area contributed by atoms with E-state index in [0.29, 0.717) is 19.3 Å². The number of carbonyl (C=O) groups excluding carboxylic acids is 2. The Kier molecular flexibility index (Phi) is 6.64. The highest BCUT2D eigenvalue weighted by molar-refractivity contribution is 5.87. The number of aliphatic carboxylic acids is 1. The maximum absolute atomic E-state index is 13.0. The summed E-state index contributed by atoms with van der Waals surface area (Å²) in [4.78, 5) is 37.0. The van der Waals surface area contributed by atoms with E-state index in [1.165, 1.54) is 0 Å². The fourth-order valence-electron chi connectivity index (χ4n) is 5.05. The summed E-state index contributed by atoms with van der Waals surface area (Å²) in [5.74, 6) is -1.65. The van der Waals surface area contributed by atoms with Crippen LogP contribution in [0.15, 0.2) is 48.5 Å². The van der Waals surface area contributed by atoms with E-state index in [9.17, 15) is 19.5 Å². The minimum atomic E-state index is -0.833. The van der Waals surface area contributed by atoms with Gasteiger partial charge in [0.25, 0.3) is 0 Å². The van der Waals surface area contributed by atoms with Crippen molar-refractivity contribution in [2.75, 3.05) is 6.61 Å². The predicted octanol–water partition coefficient (Wildman–Crippen LogP) is 4.31. The zero-order valence-corrected chi connectivity index (χ0v) is 19.8. The average molecular weight is 465 g/mol. The number of rotatable bonds is 6. The van der Waals surface area contributed by atoms with Crippen molar-refractivity contribution in [2.24, 2.45) is 11.3 Å². The second-order valence-electron chi connectivity index (χ2n) is 10.3. The Hall–Kier alpha value is -3.35. The van der Waals surface area contributed by atoms with Crippen molar-refractivity contribution in [3.8, 4) is 11.1 Å². The smallest absolute Gasteiger partial charge is 0.407 e. The van der Waals surface area contributed by atoms with Gasteiger partial charge in [0.1, 0.15) is 12.6 Å². The zero-order chi connectivity index (χ0) is 24.5. The lowest BCUT2D eigenvalue weighted by molar-refractivity contribution is -0.141. The van der Waals surface area contributed by atoms with Crippen LogP contribution in [0, 0.1) is 11.3 Å². The van der Waals surface area contributed by atoms with E-state index in [1.807, 2.05) is 45.0 Å². The molecule has 0 saturated heterocycles. The molecule has 0 aliphatic heterocycles. The van der Waals surface area contributed by atoms with Gasteiger partial charge in [-0.25, -0.2) is 4.79 Å². The lowest BCUT2D eigenvalue weighted by atomic mass is 9.86. The molecule has 34 heavy (non-hydrogen) atoms. The molecule has 4 rings (SSSR count). The van der Waals surface area contributed by atoms with Crippen molar-refractivity contribution < 1.29 is 24.2 Å². The van der Waals surface area contributed by atoms with Crippen molar-refractivity contribution in [3.63, 3.8) is 0 Å². The van der Waals surface area contributed by atoms with E-state index in [0.717, 1.165) is 22.3 Å². The third-order valence-corrected chi connectivity index (χ3v) is 6.86. The fraction of sp³-hybridized carbons (Fsp3) is 0.444. The molecule has 7 nitrogen and oxygen atoms in total. The summed E-state index contributed by atoms with van der Waals surface area (Å²) < 4.78 is 5.63. The normalized spacial score (nSPS) is 20.2. The van der Waals surface area contributed by atoms with Crippen LogP contribution in [0.3, 0.4) is 0 Å². The molecule has 3 N–H and O–H groups in total. The topological polar surface area (TPSA) is 105 Å². The molecule has 0 spiro atoms. The SMILES string of the molecule is CC(C)(C)[C@H](NC(=O)OCC1c2ccccc2-c2ccccc21)C(=O)N[C@H]1CC[C@@H](C(=O)O)C1. The molecule has 2 amide bonds. The van der Waals surface area contributed by atoms with Gasteiger partial charge in [-0.1, -0.05) is 69.3 Å². The van der Waals surface area contributed by atoms with Crippen LogP contribution in [-0.2, 0) is 14.3 Å². The minimum absolute atomic E-state index is 0.0634. The number of carboxylic acid groups (broad SMARTS) is 1. The summed E-state index contributed by atoms with van der Waals surface area (Å²) in [6.45, 7) is 5.78. The zero-order valence-electron chi connectivity index (χ0n) is 19.8. The van der Waals surface area contributed by atoms with Crippen LogP contribution in [-0.4, -0.2) is 41.8 Å². The molecule has 1 saturated carbocycles. The standard InChI is InChI=1S/C27H32N2O5/c1-27(2,3)23(24(30)28-17-13-12-16(14-17)25(31)32)29-26(33)34-15-22-20-10-6-4-8-18(20)19-9-5-7-11-21(19)22/h4-11,16-17,22-23H,12-15H2,1-3H3,(H,28,30)(H,29,33)(H,31,32)/t16-,17+,23-/m1/s1. The van der Waals surface area contributed by atoms with E-state index >= 15 is 0 Å². The molecule has 0 unspecified atom stereocenters. The number of amides is 2. The van der Waals surface area contributed by atoms with Crippen LogP contribution < -0.4 is 10.6 Å². The van der Waals surface area contributed by atoms with Crippen molar-refractivity contribution in [2.45, 2.75) is 58.0 Å². The third-order valence-electron chi connectivity index (χ3n) is 6.86. The summed E-state index contributed by atoms with van der Waals surface area (Å²) >= 11 is 0. The number of hydrogen-bond acceptors (Lipinski definition) is 4. The highest BCUT2D eigenvalue weighted by Crippen LogP contribution is 2.44. The van der Waals surface area contributed by atoms with Gasteiger partial charge < -0.3 is 20.5 Å². The molecule has 2 aliphatic carbocycles. The van der Waals surface area contributed by atoms with Crippen LogP contribution in [0.2, 0.25) is 0 Å². The van der Waals surface area contributed by atoms with Gasteiger partial charge in [-0.3, -0.25) is 9.59 Å². The van der Waals surface area contributed by atoms with Gasteiger partial charge >= 0.3 is 12.1 Å². The molecule has 0 heterocycles. The highest BCUT2D eigenvalue weighted by Gasteiger charge is 2.37. The van der Waals surface area contributed by atoms with Gasteiger partial charge in [-0.15, -0.1) is 0 Å². The molecule has 2 aromatic carbocycles. The Morgan fingerprint density at radius 3 is 2.12 bits per heavy atom. The first kappa shape index (κ1) is 23.8. The number of hydrogen-bond donors (Lipinski definition) is 3. The number of carboxylic acids is 1. The molecular weight excluding hydrogens is 432 g/mol. The fourth-order valence-corrected chi connectivity index (χ4v) is 5.05. The van der Waals surface area contributed by atoms with Gasteiger partial charge in [0, 0.05) is 12.0 Å². The van der Waals surface area contributed by atoms with Gasteiger partial charge in [0.05, 0.1) is 5.92 Å². The summed E-state index contributed by atoms with van der Waals surface area (Å²) in [5, 5.41) is 14.9. The van der Waals surface area contributed by atoms with Crippen LogP contribution in [0.4, 0.5) is 4.79 Å². The first-order valence-electron chi connectivity index (χ1n) is 11.8. The minimum Gasteiger partial charge on any atom is -0.481 e. The average Bonchev–Trinajstić information content (AvgIpc) is 3.38. The Morgan fingerprint density at radius 2 is 1.59 bits per heavy atom. The molecule has 7 heteroatoms. The molecule has 1 fully saturated rings. The van der Waals surface area contributed by atoms with E-state index in [4.69, 9.17) is 4.74 Å². The van der Waals surface area contributed by atoms with Gasteiger partial charge in [-0.2, -0.15) is 0 Å². The molecule has 0 bridgehead atoms. The summed E-state index contributed by atoms with van der Waals surface area (Å²) in [6.07, 6.45) is 0.917. The highest BCUT2D eigenvalue weighted by atomic mass is 16.5. The van der Waals surface area contributed by atoms with Gasteiger partial charge in [0.2, 0.25) is 5.91 Å². The predicted molar refractivity (Wildman–Crippen MR) is 128 cm³/mol. The molecular formula is C27H32N2O5. The molecule has 2 aliphatic rings. The molecule has 0 radical (unpaired) electrons. The third kappa shape index (κ3) is 4.93. The lowest BCUT2D eigenvalue weighted by Gasteiger charge is -2.31. The van der Waals surface area contributed by atoms with E-state index in [-0.39, 0.29) is 24.5 Å². The van der Waals surface area contributed by atoms with Crippen LogP contribution >= 0.6 is 0 Å². The maximum Gasteiger partial charge on any atom is 0.407 e. The lowest BCUT2D eigenvalue weighted by Crippen LogP contribution is -2.55. The summed E-state index contributed by atoms with van der Waals surface area (Å²) in [5.41, 5.74) is 3.98. The number of benzene rings is 2. The maximum atomic E-state index is 13.0. The molecule has 3 atom stereocenters. The Bertz CT molecular complexity index is 1040. The number of fused-ring (bicyclic) bond motifs is 3. The van der Waals surface area contributed by atoms with Crippen LogP contribution in [0.1, 0.15) is 57.1 Å². The number of alkyl carbamates (subject to hydrolysis) is 1. The van der Waals surface area contributed by atoms with Crippen molar-refractivity contribution in [1.29, 1.82) is 0 Å². The van der Waals surface area contributed by atoms with E-state index in [2.05, 4.69) is 34.9 Å². The summed E-state index contributed by atoms with van der Waals surface area (Å²) in [6, 6.07) is 15.2. The van der Waals surface area contributed by atoms with Gasteiger partial charge in [0.15, 0.2) is 0 Å². The van der Waals surface area contributed by atoms with Crippen molar-refractivity contribution in [3.05, 3.63) is 59.7 Å². The molecule has 0 aromatic heterocycles. The van der Waals surface area contributed by atoms with Gasteiger partial charge in [-0.05, 0) is 46.9 Å². The second kappa shape index (κ2) is 9.49. The first-order chi connectivity index (χ1) is 16.1. The van der Waals surface area contributed by atoms with Crippen LogP contribution in [0.25, 0.3) is 11.1 Å². The Labute approximate surface area is 199 Å². The largest absolute Gasteiger partial charge is 0.481 e.